The van der Waals surface area contributed by atoms with E-state index in [1.807, 2.05) is 24.3 Å². The summed E-state index contributed by atoms with van der Waals surface area (Å²) in [6.45, 7) is 0.349. The molecule has 4 nitrogen and oxygen atoms in total. The van der Waals surface area contributed by atoms with Crippen LogP contribution >= 0.6 is 0 Å². The van der Waals surface area contributed by atoms with Crippen molar-refractivity contribution in [3.05, 3.63) is 75.6 Å². The fraction of sp³-hybridized carbons (Fsp3) is 0.250. The quantitative estimate of drug-likeness (QED) is 0.643. The molecule has 3 rings (SSSR count). The van der Waals surface area contributed by atoms with Gasteiger partial charge in [-0.3, -0.25) is 10.1 Å². The molecule has 21 heavy (non-hydrogen) atoms. The molecule has 0 saturated carbocycles. The number of nitrogens with zero attached hydrogens (tertiary/aromatic N) is 2. The molecule has 0 fully saturated rings. The van der Waals surface area contributed by atoms with E-state index in [2.05, 4.69) is 0 Å². The van der Waals surface area contributed by atoms with Crippen molar-refractivity contribution >= 4 is 5.69 Å². The Kier molecular flexibility index (Phi) is 3.56. The smallest absolute Gasteiger partial charge is 0.228 e. The molecule has 0 bridgehead atoms. The third kappa shape index (κ3) is 2.59. The third-order valence-electron chi connectivity index (χ3n) is 3.90. The van der Waals surface area contributed by atoms with E-state index in [0.29, 0.717) is 12.2 Å². The second kappa shape index (κ2) is 5.52. The molecule has 2 aromatic rings. The van der Waals surface area contributed by atoms with Gasteiger partial charge in [-0.1, -0.05) is 36.4 Å². The van der Waals surface area contributed by atoms with Gasteiger partial charge in [0, 0.05) is 11.5 Å². The number of benzene rings is 2. The van der Waals surface area contributed by atoms with Crippen molar-refractivity contribution in [1.82, 2.24) is 0 Å². The largest absolute Gasteiger partial charge is 0.355 e. The molecule has 0 aliphatic carbocycles. The Bertz CT molecular complexity index is 675. The number of rotatable bonds is 3. The van der Waals surface area contributed by atoms with Crippen molar-refractivity contribution in [2.75, 3.05) is 18.0 Å². The van der Waals surface area contributed by atoms with E-state index in [1.165, 1.54) is 6.07 Å². The summed E-state index contributed by atoms with van der Waals surface area (Å²) in [6, 6.07) is 13.7. The van der Waals surface area contributed by atoms with E-state index in [9.17, 15) is 14.5 Å². The van der Waals surface area contributed by atoms with E-state index >= 15 is 0 Å². The van der Waals surface area contributed by atoms with Gasteiger partial charge in [-0.2, -0.15) is 0 Å². The van der Waals surface area contributed by atoms with Crippen LogP contribution in [-0.4, -0.2) is 18.0 Å². The van der Waals surface area contributed by atoms with Crippen molar-refractivity contribution in [3.8, 4) is 0 Å². The van der Waals surface area contributed by atoms with Crippen molar-refractivity contribution in [3.63, 3.8) is 0 Å². The van der Waals surface area contributed by atoms with E-state index in [1.54, 1.807) is 23.1 Å². The van der Waals surface area contributed by atoms with E-state index < -0.39 is 6.04 Å². The lowest BCUT2D eigenvalue weighted by Gasteiger charge is -2.37. The first-order valence-corrected chi connectivity index (χ1v) is 6.87. The highest BCUT2D eigenvalue weighted by Gasteiger charge is 2.32. The molecule has 1 heterocycles. The Morgan fingerprint density at radius 1 is 1.19 bits per heavy atom. The van der Waals surface area contributed by atoms with Crippen molar-refractivity contribution in [2.24, 2.45) is 0 Å². The van der Waals surface area contributed by atoms with Gasteiger partial charge in [-0.25, -0.2) is 4.39 Å². The maximum atomic E-state index is 14.0. The van der Waals surface area contributed by atoms with Crippen molar-refractivity contribution < 1.29 is 9.31 Å². The van der Waals surface area contributed by atoms with Crippen LogP contribution in [0.15, 0.2) is 48.5 Å². The van der Waals surface area contributed by atoms with Gasteiger partial charge in [0.1, 0.15) is 11.9 Å². The summed E-state index contributed by atoms with van der Waals surface area (Å²) in [4.78, 5) is 12.5. The molecule has 5 heteroatoms. The van der Waals surface area contributed by atoms with Crippen LogP contribution in [0.2, 0.25) is 0 Å². The summed E-state index contributed by atoms with van der Waals surface area (Å²) < 4.78 is 14.0. The lowest BCUT2D eigenvalue weighted by atomic mass is 9.92. The Labute approximate surface area is 122 Å². The molecule has 108 valence electrons. The monoisotopic (exact) mass is 286 g/mol. The van der Waals surface area contributed by atoms with Crippen LogP contribution in [0, 0.1) is 15.9 Å². The van der Waals surface area contributed by atoms with Crippen LogP contribution in [0.25, 0.3) is 0 Å². The van der Waals surface area contributed by atoms with Crippen LogP contribution in [0.4, 0.5) is 10.1 Å². The number of hydrogen-bond acceptors (Lipinski definition) is 3. The second-order valence-corrected chi connectivity index (χ2v) is 5.12. The topological polar surface area (TPSA) is 46.4 Å². The summed E-state index contributed by atoms with van der Waals surface area (Å²) in [5, 5.41) is 11.0. The van der Waals surface area contributed by atoms with Gasteiger partial charge in [-0.15, -0.1) is 0 Å². The molecular weight excluding hydrogens is 271 g/mol. The standard InChI is InChI=1S/C16H15FN2O2/c17-14-7-3-4-8-15(14)18-10-9-12-5-1-2-6-13(12)16(18)11-19(20)21/h1-8,16H,9-11H2. The highest BCUT2D eigenvalue weighted by Crippen LogP contribution is 2.34. The first-order chi connectivity index (χ1) is 10.2. The van der Waals surface area contributed by atoms with E-state index in [-0.39, 0.29) is 17.3 Å². The number of anilines is 1. The molecule has 0 radical (unpaired) electrons. The normalized spacial score (nSPS) is 17.4. The average Bonchev–Trinajstić information content (AvgIpc) is 2.48. The molecule has 0 spiro atoms. The maximum absolute atomic E-state index is 14.0. The lowest BCUT2D eigenvalue weighted by Crippen LogP contribution is -2.39. The van der Waals surface area contributed by atoms with Crippen molar-refractivity contribution in [2.45, 2.75) is 12.5 Å². The SMILES string of the molecule is O=[N+]([O-])CC1c2ccccc2CCN1c1ccccc1F. The van der Waals surface area contributed by atoms with Gasteiger partial charge < -0.3 is 4.90 Å². The summed E-state index contributed by atoms with van der Waals surface area (Å²) in [6.07, 6.45) is 0.763. The first-order valence-electron chi connectivity index (χ1n) is 6.87. The Hall–Kier alpha value is -2.43. The Morgan fingerprint density at radius 2 is 1.90 bits per heavy atom. The van der Waals surface area contributed by atoms with Crippen LogP contribution in [0.3, 0.4) is 0 Å². The Balaban J connectivity index is 2.05. The minimum absolute atomic E-state index is 0.231. The zero-order valence-corrected chi connectivity index (χ0v) is 11.4. The number of halogens is 1. The molecule has 2 aromatic carbocycles. The molecule has 0 amide bonds. The fourth-order valence-electron chi connectivity index (χ4n) is 2.96. The summed E-state index contributed by atoms with van der Waals surface area (Å²) in [5.41, 5.74) is 2.46. The van der Waals surface area contributed by atoms with E-state index in [4.69, 9.17) is 0 Å². The molecule has 1 aliphatic rings. The van der Waals surface area contributed by atoms with Crippen molar-refractivity contribution in [1.29, 1.82) is 0 Å². The van der Waals surface area contributed by atoms with Gasteiger partial charge >= 0.3 is 0 Å². The number of hydrogen-bond donors (Lipinski definition) is 0. The maximum Gasteiger partial charge on any atom is 0.228 e. The molecular formula is C16H15FN2O2. The zero-order valence-electron chi connectivity index (χ0n) is 11.4. The first kappa shape index (κ1) is 13.5. The summed E-state index contributed by atoms with van der Waals surface area (Å²) >= 11 is 0. The number of para-hydroxylation sites is 1. The van der Waals surface area contributed by atoms with Gasteiger partial charge in [0.05, 0.1) is 5.69 Å². The van der Waals surface area contributed by atoms with Crippen LogP contribution in [0.1, 0.15) is 17.2 Å². The summed E-state index contributed by atoms with van der Waals surface area (Å²) in [5.74, 6) is -0.342. The lowest BCUT2D eigenvalue weighted by molar-refractivity contribution is -0.483. The Morgan fingerprint density at radius 3 is 2.67 bits per heavy atom. The highest BCUT2D eigenvalue weighted by molar-refractivity contribution is 5.53. The molecule has 0 saturated heterocycles. The number of fused-ring (bicyclic) bond motifs is 1. The third-order valence-corrected chi connectivity index (χ3v) is 3.90. The molecule has 0 aromatic heterocycles. The van der Waals surface area contributed by atoms with Gasteiger partial charge in [0.25, 0.3) is 0 Å². The van der Waals surface area contributed by atoms with Gasteiger partial charge in [0.2, 0.25) is 6.54 Å². The molecule has 1 atom stereocenters. The summed E-state index contributed by atoms with van der Waals surface area (Å²) in [7, 11) is 0. The van der Waals surface area contributed by atoms with Gasteiger partial charge in [0.15, 0.2) is 0 Å². The van der Waals surface area contributed by atoms with E-state index in [0.717, 1.165) is 17.5 Å². The minimum Gasteiger partial charge on any atom is -0.355 e. The predicted octanol–water partition coefficient (Wildman–Crippen LogP) is 3.21. The molecule has 1 unspecified atom stereocenters. The molecule has 1 aliphatic heterocycles. The second-order valence-electron chi connectivity index (χ2n) is 5.12. The predicted molar refractivity (Wildman–Crippen MR) is 78.5 cm³/mol. The molecule has 0 N–H and O–H groups in total. The fourth-order valence-corrected chi connectivity index (χ4v) is 2.96. The van der Waals surface area contributed by atoms with Gasteiger partial charge in [-0.05, 0) is 29.7 Å². The van der Waals surface area contributed by atoms with Crippen LogP contribution < -0.4 is 4.90 Å². The van der Waals surface area contributed by atoms with Crippen LogP contribution in [0.5, 0.6) is 0 Å². The minimum atomic E-state index is -0.429. The zero-order chi connectivity index (χ0) is 14.8. The van der Waals surface area contributed by atoms with Crippen LogP contribution in [-0.2, 0) is 6.42 Å². The average molecular weight is 286 g/mol. The highest BCUT2D eigenvalue weighted by atomic mass is 19.1. The number of nitro groups is 1.